The Balaban J connectivity index is 1.73. The van der Waals surface area contributed by atoms with Crippen molar-refractivity contribution in [3.63, 3.8) is 0 Å². The average molecular weight is 408 g/mol. The Morgan fingerprint density at radius 3 is 2.00 bits per heavy atom. The molecule has 0 radical (unpaired) electrons. The normalized spacial score (nSPS) is 11.6. The quantitative estimate of drug-likeness (QED) is 0.590. The van der Waals surface area contributed by atoms with E-state index in [0.29, 0.717) is 11.4 Å². The van der Waals surface area contributed by atoms with Crippen LogP contribution in [0.5, 0.6) is 0 Å². The molecule has 0 aromatic heterocycles. The van der Waals surface area contributed by atoms with Gasteiger partial charge in [-0.15, -0.1) is 0 Å². The van der Waals surface area contributed by atoms with Gasteiger partial charge in [-0.3, -0.25) is 9.71 Å². The maximum absolute atomic E-state index is 12.6. The first kappa shape index (κ1) is 20.6. The van der Waals surface area contributed by atoms with Crippen LogP contribution in [0.15, 0.2) is 76.6 Å². The van der Waals surface area contributed by atoms with E-state index in [9.17, 15) is 8.42 Å². The number of sulfonamides is 1. The summed E-state index contributed by atoms with van der Waals surface area (Å²) in [6.07, 6.45) is 1.76. The van der Waals surface area contributed by atoms with Gasteiger partial charge in [0.1, 0.15) is 0 Å². The van der Waals surface area contributed by atoms with E-state index in [2.05, 4.69) is 9.71 Å². The molecule has 6 heteroatoms. The summed E-state index contributed by atoms with van der Waals surface area (Å²) in [6, 6.07) is 20.2. The lowest BCUT2D eigenvalue weighted by molar-refractivity contribution is 0.601. The van der Waals surface area contributed by atoms with Gasteiger partial charge in [-0.2, -0.15) is 0 Å². The van der Waals surface area contributed by atoms with Crippen molar-refractivity contribution >= 4 is 33.3 Å². The molecule has 0 aliphatic carbocycles. The Morgan fingerprint density at radius 2 is 1.45 bits per heavy atom. The fourth-order valence-corrected chi connectivity index (χ4v) is 4.01. The average Bonchev–Trinajstić information content (AvgIpc) is 2.66. The molecule has 0 atom stereocenters. The summed E-state index contributed by atoms with van der Waals surface area (Å²) in [6.45, 7) is 3.87. The SMILES string of the molecule is Cc1cc(C)cc(NS(=O)(=O)c2ccc(N=Cc3ccc(N(C)C)cc3)cc2)c1. The highest BCUT2D eigenvalue weighted by atomic mass is 32.2. The first-order valence-electron chi connectivity index (χ1n) is 9.25. The maximum atomic E-state index is 12.6. The van der Waals surface area contributed by atoms with Crippen LogP contribution < -0.4 is 9.62 Å². The third-order valence-electron chi connectivity index (χ3n) is 4.39. The van der Waals surface area contributed by atoms with Crippen molar-refractivity contribution in [1.82, 2.24) is 0 Å². The zero-order valence-corrected chi connectivity index (χ0v) is 17.9. The first-order chi connectivity index (χ1) is 13.7. The molecule has 0 amide bonds. The van der Waals surface area contributed by atoms with E-state index < -0.39 is 10.0 Å². The molecule has 0 aliphatic heterocycles. The Hall–Kier alpha value is -3.12. The van der Waals surface area contributed by atoms with Gasteiger partial charge in [0.05, 0.1) is 10.6 Å². The Morgan fingerprint density at radius 1 is 0.862 bits per heavy atom. The number of aryl methyl sites for hydroxylation is 2. The molecule has 0 saturated heterocycles. The molecule has 3 aromatic rings. The number of nitrogens with zero attached hydrogens (tertiary/aromatic N) is 2. The largest absolute Gasteiger partial charge is 0.378 e. The highest BCUT2D eigenvalue weighted by Crippen LogP contribution is 2.21. The summed E-state index contributed by atoms with van der Waals surface area (Å²) < 4.78 is 27.9. The van der Waals surface area contributed by atoms with Gasteiger partial charge in [-0.1, -0.05) is 18.2 Å². The van der Waals surface area contributed by atoms with Crippen LogP contribution in [0, 0.1) is 13.8 Å². The van der Waals surface area contributed by atoms with Crippen LogP contribution in [0.4, 0.5) is 17.1 Å². The van der Waals surface area contributed by atoms with Gasteiger partial charge in [-0.25, -0.2) is 8.42 Å². The lowest BCUT2D eigenvalue weighted by Crippen LogP contribution is -2.13. The van der Waals surface area contributed by atoms with E-state index in [1.807, 2.05) is 75.3 Å². The highest BCUT2D eigenvalue weighted by Gasteiger charge is 2.14. The molecule has 0 bridgehead atoms. The van der Waals surface area contributed by atoms with Crippen molar-refractivity contribution in [1.29, 1.82) is 0 Å². The highest BCUT2D eigenvalue weighted by molar-refractivity contribution is 7.92. The first-order valence-corrected chi connectivity index (χ1v) is 10.7. The number of nitrogens with one attached hydrogen (secondary N) is 1. The fourth-order valence-electron chi connectivity index (χ4n) is 2.97. The molecular formula is C23H25N3O2S. The molecule has 150 valence electrons. The predicted octanol–water partition coefficient (Wildman–Crippen LogP) is 4.92. The Kier molecular flexibility index (Phi) is 6.03. The minimum atomic E-state index is -3.65. The Bertz CT molecular complexity index is 1100. The van der Waals surface area contributed by atoms with Crippen LogP contribution in [0.3, 0.4) is 0 Å². The molecule has 0 saturated carbocycles. The molecule has 0 fully saturated rings. The molecule has 0 aliphatic rings. The number of anilines is 2. The van der Waals surface area contributed by atoms with Crippen molar-refractivity contribution in [3.8, 4) is 0 Å². The monoisotopic (exact) mass is 407 g/mol. The van der Waals surface area contributed by atoms with Gasteiger partial charge in [0, 0.05) is 31.7 Å². The number of hydrogen-bond donors (Lipinski definition) is 1. The summed E-state index contributed by atoms with van der Waals surface area (Å²) in [4.78, 5) is 6.66. The minimum absolute atomic E-state index is 0.200. The van der Waals surface area contributed by atoms with E-state index >= 15 is 0 Å². The van der Waals surface area contributed by atoms with Crippen LogP contribution in [0.1, 0.15) is 16.7 Å². The van der Waals surface area contributed by atoms with Crippen molar-refractivity contribution in [2.24, 2.45) is 4.99 Å². The van der Waals surface area contributed by atoms with Crippen molar-refractivity contribution < 1.29 is 8.42 Å². The summed E-state index contributed by atoms with van der Waals surface area (Å²) in [5.41, 5.74) is 5.35. The number of aliphatic imine (C=N–C) groups is 1. The molecule has 5 nitrogen and oxygen atoms in total. The standard InChI is InChI=1S/C23H25N3O2S/c1-17-13-18(2)15-21(14-17)25-29(27,28)23-11-7-20(8-12-23)24-16-19-5-9-22(10-6-19)26(3)4/h5-16,25H,1-4H3. The van der Waals surface area contributed by atoms with Crippen LogP contribution in [-0.2, 0) is 10.0 Å². The van der Waals surface area contributed by atoms with Gasteiger partial charge in [0.15, 0.2) is 0 Å². The molecule has 0 heterocycles. The van der Waals surface area contributed by atoms with Crippen molar-refractivity contribution in [3.05, 3.63) is 83.4 Å². The van der Waals surface area contributed by atoms with Gasteiger partial charge >= 0.3 is 0 Å². The zero-order valence-electron chi connectivity index (χ0n) is 17.0. The van der Waals surface area contributed by atoms with Crippen LogP contribution in [0.2, 0.25) is 0 Å². The van der Waals surface area contributed by atoms with Gasteiger partial charge in [0.2, 0.25) is 0 Å². The van der Waals surface area contributed by atoms with Gasteiger partial charge in [-0.05, 0) is 79.1 Å². The smallest absolute Gasteiger partial charge is 0.261 e. The van der Waals surface area contributed by atoms with Crippen molar-refractivity contribution in [2.75, 3.05) is 23.7 Å². The van der Waals surface area contributed by atoms with E-state index in [4.69, 9.17) is 0 Å². The van der Waals surface area contributed by atoms with Crippen LogP contribution in [-0.4, -0.2) is 28.7 Å². The Labute approximate surface area is 172 Å². The zero-order chi connectivity index (χ0) is 21.0. The second-order valence-electron chi connectivity index (χ2n) is 7.22. The number of benzene rings is 3. The van der Waals surface area contributed by atoms with Gasteiger partial charge < -0.3 is 4.90 Å². The third-order valence-corrected chi connectivity index (χ3v) is 5.79. The topological polar surface area (TPSA) is 61.8 Å². The third kappa shape index (κ3) is 5.45. The van der Waals surface area contributed by atoms with Crippen LogP contribution >= 0.6 is 0 Å². The fraction of sp³-hybridized carbons (Fsp3) is 0.174. The van der Waals surface area contributed by atoms with E-state index in [1.54, 1.807) is 30.5 Å². The van der Waals surface area contributed by atoms with E-state index in [-0.39, 0.29) is 4.90 Å². The van der Waals surface area contributed by atoms with E-state index in [1.165, 1.54) is 0 Å². The van der Waals surface area contributed by atoms with Gasteiger partial charge in [0.25, 0.3) is 10.0 Å². The van der Waals surface area contributed by atoms with Crippen molar-refractivity contribution in [2.45, 2.75) is 18.7 Å². The molecule has 0 unspecified atom stereocenters. The number of hydrogen-bond acceptors (Lipinski definition) is 4. The summed E-state index contributed by atoms with van der Waals surface area (Å²) >= 11 is 0. The lowest BCUT2D eigenvalue weighted by atomic mass is 10.1. The molecule has 0 spiro atoms. The molecular weight excluding hydrogens is 382 g/mol. The molecule has 1 N–H and O–H groups in total. The lowest BCUT2D eigenvalue weighted by Gasteiger charge is -2.11. The maximum Gasteiger partial charge on any atom is 0.261 e. The summed E-state index contributed by atoms with van der Waals surface area (Å²) in [5, 5.41) is 0. The second-order valence-corrected chi connectivity index (χ2v) is 8.90. The molecule has 3 aromatic carbocycles. The van der Waals surface area contributed by atoms with Crippen LogP contribution in [0.25, 0.3) is 0 Å². The molecule has 29 heavy (non-hydrogen) atoms. The minimum Gasteiger partial charge on any atom is -0.378 e. The summed E-state index contributed by atoms with van der Waals surface area (Å²) in [7, 11) is 0.337. The second kappa shape index (κ2) is 8.49. The number of rotatable bonds is 6. The van der Waals surface area contributed by atoms with E-state index in [0.717, 1.165) is 22.4 Å². The molecule has 3 rings (SSSR count). The predicted molar refractivity (Wildman–Crippen MR) is 121 cm³/mol. The summed E-state index contributed by atoms with van der Waals surface area (Å²) in [5.74, 6) is 0.